The monoisotopic (exact) mass is 282 g/mol. The third-order valence-electron chi connectivity index (χ3n) is 3.10. The molecule has 0 aromatic heterocycles. The summed E-state index contributed by atoms with van der Waals surface area (Å²) in [4.78, 5) is 23.3. The van der Waals surface area contributed by atoms with Gasteiger partial charge < -0.3 is 10.6 Å². The molecule has 2 aromatic rings. The van der Waals surface area contributed by atoms with Crippen LogP contribution in [0.4, 0.5) is 0 Å². The van der Waals surface area contributed by atoms with Crippen LogP contribution in [0.3, 0.4) is 0 Å². The fourth-order valence-electron chi connectivity index (χ4n) is 1.94. The second kappa shape index (κ2) is 6.70. The number of benzene rings is 2. The van der Waals surface area contributed by atoms with E-state index in [1.165, 1.54) is 0 Å². The molecule has 0 saturated heterocycles. The molecular formula is C17H18N2O2. The summed E-state index contributed by atoms with van der Waals surface area (Å²) in [5.41, 5.74) is 1.07. The zero-order valence-corrected chi connectivity index (χ0v) is 12.0. The Morgan fingerprint density at radius 2 is 1.67 bits per heavy atom. The van der Waals surface area contributed by atoms with Crippen LogP contribution in [0.2, 0.25) is 0 Å². The minimum absolute atomic E-state index is 0.148. The number of hydrogen-bond donors (Lipinski definition) is 2. The average molecular weight is 282 g/mol. The van der Waals surface area contributed by atoms with Gasteiger partial charge in [-0.2, -0.15) is 0 Å². The lowest BCUT2D eigenvalue weighted by Crippen LogP contribution is -2.34. The van der Waals surface area contributed by atoms with Gasteiger partial charge in [0.1, 0.15) is 0 Å². The summed E-state index contributed by atoms with van der Waals surface area (Å²) < 4.78 is 0. The van der Waals surface area contributed by atoms with Crippen LogP contribution in [0.5, 0.6) is 0 Å². The zero-order valence-electron chi connectivity index (χ0n) is 12.0. The molecule has 0 radical (unpaired) electrons. The summed E-state index contributed by atoms with van der Waals surface area (Å²) in [6.07, 6.45) is 0. The van der Waals surface area contributed by atoms with Crippen molar-refractivity contribution >= 4 is 22.6 Å². The van der Waals surface area contributed by atoms with Crippen LogP contribution in [0.15, 0.2) is 54.6 Å². The van der Waals surface area contributed by atoms with Crippen LogP contribution >= 0.6 is 0 Å². The van der Waals surface area contributed by atoms with Crippen molar-refractivity contribution in [1.29, 1.82) is 0 Å². The Balaban J connectivity index is 1.90. The highest BCUT2D eigenvalue weighted by molar-refractivity contribution is 5.98. The lowest BCUT2D eigenvalue weighted by molar-refractivity contribution is -0.117. The average Bonchev–Trinajstić information content (AvgIpc) is 2.50. The van der Waals surface area contributed by atoms with Gasteiger partial charge in [-0.05, 0) is 29.8 Å². The van der Waals surface area contributed by atoms with Crippen molar-refractivity contribution < 1.29 is 9.59 Å². The second-order valence-electron chi connectivity index (χ2n) is 4.85. The van der Waals surface area contributed by atoms with Crippen LogP contribution in [-0.4, -0.2) is 24.9 Å². The number of fused-ring (bicyclic) bond motifs is 1. The van der Waals surface area contributed by atoms with Gasteiger partial charge in [-0.25, -0.2) is 0 Å². The number of carbonyl (C=O) groups is 2. The normalized spacial score (nSPS) is 10.1. The number of nitrogens with one attached hydrogen (secondary N) is 2. The minimum atomic E-state index is -0.199. The highest BCUT2D eigenvalue weighted by Gasteiger charge is 2.06. The molecule has 0 atom stereocenters. The summed E-state index contributed by atoms with van der Waals surface area (Å²) in [5.74, 6) is -0.347. The van der Waals surface area contributed by atoms with Crippen LogP contribution in [-0.2, 0) is 4.79 Å². The Bertz CT molecular complexity index is 692. The van der Waals surface area contributed by atoms with Gasteiger partial charge in [-0.1, -0.05) is 36.9 Å². The summed E-state index contributed by atoms with van der Waals surface area (Å²) >= 11 is 0. The molecule has 0 unspecified atom stereocenters. The molecule has 0 fully saturated rings. The first-order valence-corrected chi connectivity index (χ1v) is 6.78. The van der Waals surface area contributed by atoms with Gasteiger partial charge in [0.2, 0.25) is 5.91 Å². The Morgan fingerprint density at radius 3 is 2.38 bits per heavy atom. The van der Waals surface area contributed by atoms with Crippen molar-refractivity contribution in [3.8, 4) is 0 Å². The number of hydrogen-bond acceptors (Lipinski definition) is 2. The van der Waals surface area contributed by atoms with Crippen molar-refractivity contribution in [3.63, 3.8) is 0 Å². The lowest BCUT2D eigenvalue weighted by atomic mass is 10.1. The van der Waals surface area contributed by atoms with E-state index in [2.05, 4.69) is 17.2 Å². The Labute approximate surface area is 123 Å². The third-order valence-corrected chi connectivity index (χ3v) is 3.10. The smallest absolute Gasteiger partial charge is 0.251 e. The number of rotatable bonds is 5. The van der Waals surface area contributed by atoms with Crippen molar-refractivity contribution in [2.24, 2.45) is 0 Å². The van der Waals surface area contributed by atoms with Crippen LogP contribution in [0.25, 0.3) is 10.8 Å². The molecule has 2 rings (SSSR count). The molecule has 0 aliphatic carbocycles. The summed E-state index contributed by atoms with van der Waals surface area (Å²) in [6, 6.07) is 13.5. The van der Waals surface area contributed by atoms with Crippen LogP contribution < -0.4 is 10.6 Å². The molecule has 2 aromatic carbocycles. The van der Waals surface area contributed by atoms with E-state index < -0.39 is 0 Å². The molecule has 0 aliphatic heterocycles. The maximum absolute atomic E-state index is 12.0. The second-order valence-corrected chi connectivity index (χ2v) is 4.85. The van der Waals surface area contributed by atoms with Crippen LogP contribution in [0.1, 0.15) is 17.3 Å². The van der Waals surface area contributed by atoms with E-state index in [9.17, 15) is 9.59 Å². The molecule has 0 aliphatic rings. The molecule has 0 heterocycles. The van der Waals surface area contributed by atoms with Gasteiger partial charge in [0, 0.05) is 24.2 Å². The largest absolute Gasteiger partial charge is 0.351 e. The van der Waals surface area contributed by atoms with E-state index >= 15 is 0 Å². The molecule has 0 bridgehead atoms. The standard InChI is InChI=1S/C17H18N2O2/c1-12(2)16(20)18-9-10-19-17(21)15-8-7-13-5-3-4-6-14(13)11-15/h3-8,11H,1,9-10H2,2H3,(H,18,20)(H,19,21). The highest BCUT2D eigenvalue weighted by atomic mass is 16.2. The predicted octanol–water partition coefficient (Wildman–Crippen LogP) is 2.26. The van der Waals surface area contributed by atoms with E-state index in [1.54, 1.807) is 13.0 Å². The molecule has 2 N–H and O–H groups in total. The van der Waals surface area contributed by atoms with E-state index in [1.807, 2.05) is 36.4 Å². The van der Waals surface area contributed by atoms with Gasteiger partial charge in [-0.15, -0.1) is 0 Å². The fourth-order valence-corrected chi connectivity index (χ4v) is 1.94. The van der Waals surface area contributed by atoms with Crippen molar-refractivity contribution in [2.45, 2.75) is 6.92 Å². The van der Waals surface area contributed by atoms with Gasteiger partial charge in [0.25, 0.3) is 5.91 Å². The SMILES string of the molecule is C=C(C)C(=O)NCCNC(=O)c1ccc2ccccc2c1. The molecule has 108 valence electrons. The third kappa shape index (κ3) is 3.92. The molecular weight excluding hydrogens is 264 g/mol. The molecule has 0 spiro atoms. The van der Waals surface area contributed by atoms with Gasteiger partial charge >= 0.3 is 0 Å². The summed E-state index contributed by atoms with van der Waals surface area (Å²) in [7, 11) is 0. The topological polar surface area (TPSA) is 58.2 Å². The van der Waals surface area contributed by atoms with E-state index in [-0.39, 0.29) is 11.8 Å². The molecule has 4 nitrogen and oxygen atoms in total. The van der Waals surface area contributed by atoms with Crippen molar-refractivity contribution in [1.82, 2.24) is 10.6 Å². The minimum Gasteiger partial charge on any atom is -0.351 e. The van der Waals surface area contributed by atoms with E-state index in [4.69, 9.17) is 0 Å². The molecule has 21 heavy (non-hydrogen) atoms. The zero-order chi connectivity index (χ0) is 15.2. The Hall–Kier alpha value is -2.62. The summed E-state index contributed by atoms with van der Waals surface area (Å²) in [6.45, 7) is 5.95. The lowest BCUT2D eigenvalue weighted by Gasteiger charge is -2.07. The van der Waals surface area contributed by atoms with Crippen molar-refractivity contribution in [2.75, 3.05) is 13.1 Å². The number of carbonyl (C=O) groups excluding carboxylic acids is 2. The van der Waals surface area contributed by atoms with E-state index in [0.717, 1.165) is 10.8 Å². The molecule has 2 amide bonds. The fraction of sp³-hybridized carbons (Fsp3) is 0.176. The molecule has 4 heteroatoms. The van der Waals surface area contributed by atoms with Gasteiger partial charge in [0.15, 0.2) is 0 Å². The first-order valence-electron chi connectivity index (χ1n) is 6.78. The molecule has 0 saturated carbocycles. The van der Waals surface area contributed by atoms with Crippen molar-refractivity contribution in [3.05, 3.63) is 60.2 Å². The van der Waals surface area contributed by atoms with Crippen LogP contribution in [0, 0.1) is 0 Å². The highest BCUT2D eigenvalue weighted by Crippen LogP contribution is 2.15. The Morgan fingerprint density at radius 1 is 1.00 bits per heavy atom. The maximum atomic E-state index is 12.0. The maximum Gasteiger partial charge on any atom is 0.251 e. The Kier molecular flexibility index (Phi) is 4.72. The summed E-state index contributed by atoms with van der Waals surface area (Å²) in [5, 5.41) is 7.57. The van der Waals surface area contributed by atoms with Gasteiger partial charge in [-0.3, -0.25) is 9.59 Å². The van der Waals surface area contributed by atoms with Gasteiger partial charge in [0.05, 0.1) is 0 Å². The predicted molar refractivity (Wildman–Crippen MR) is 84.1 cm³/mol. The number of amides is 2. The first kappa shape index (κ1) is 14.8. The van der Waals surface area contributed by atoms with E-state index in [0.29, 0.717) is 24.2 Å². The first-order chi connectivity index (χ1) is 10.1. The quantitative estimate of drug-likeness (QED) is 0.653.